The van der Waals surface area contributed by atoms with Crippen LogP contribution < -0.4 is 5.32 Å². The summed E-state index contributed by atoms with van der Waals surface area (Å²) in [5.74, 6) is -0.00902. The van der Waals surface area contributed by atoms with Crippen LogP contribution in [0.25, 0.3) is 4.96 Å². The summed E-state index contributed by atoms with van der Waals surface area (Å²) in [6, 6.07) is 8.44. The number of amides is 1. The Balaban J connectivity index is 1.54. The SMILES string of the molecule is Cc1cccc(CNCc2c(C(=O)N3C[C@@H](C)O[C@@H](C)C3)nc3sccn23)c1. The van der Waals surface area contributed by atoms with Crippen molar-refractivity contribution >= 4 is 22.2 Å². The van der Waals surface area contributed by atoms with Crippen molar-refractivity contribution in [1.29, 1.82) is 0 Å². The van der Waals surface area contributed by atoms with E-state index in [9.17, 15) is 4.79 Å². The molecule has 0 spiro atoms. The van der Waals surface area contributed by atoms with E-state index >= 15 is 0 Å². The molecule has 1 aromatic carbocycles. The molecular weight excluding hydrogens is 372 g/mol. The summed E-state index contributed by atoms with van der Waals surface area (Å²) in [5, 5.41) is 5.48. The Bertz CT molecular complexity index is 970. The van der Waals surface area contributed by atoms with Gasteiger partial charge in [-0.15, -0.1) is 11.3 Å². The topological polar surface area (TPSA) is 58.9 Å². The lowest BCUT2D eigenvalue weighted by Crippen LogP contribution is -2.48. The molecule has 0 saturated carbocycles. The zero-order chi connectivity index (χ0) is 19.7. The van der Waals surface area contributed by atoms with Crippen LogP contribution in [0.15, 0.2) is 35.8 Å². The van der Waals surface area contributed by atoms with Gasteiger partial charge in [-0.1, -0.05) is 29.8 Å². The van der Waals surface area contributed by atoms with E-state index in [1.165, 1.54) is 11.1 Å². The highest BCUT2D eigenvalue weighted by Crippen LogP contribution is 2.21. The number of carbonyl (C=O) groups excluding carboxylic acids is 1. The molecule has 0 radical (unpaired) electrons. The number of aromatic nitrogens is 2. The number of ether oxygens (including phenoxy) is 1. The van der Waals surface area contributed by atoms with Gasteiger partial charge in [0.15, 0.2) is 10.7 Å². The van der Waals surface area contributed by atoms with E-state index in [1.54, 1.807) is 11.3 Å². The third-order valence-electron chi connectivity index (χ3n) is 4.97. The smallest absolute Gasteiger partial charge is 0.274 e. The van der Waals surface area contributed by atoms with Crippen molar-refractivity contribution < 1.29 is 9.53 Å². The molecule has 1 aliphatic heterocycles. The third-order valence-corrected chi connectivity index (χ3v) is 5.73. The molecular formula is C21H26N4O2S. The summed E-state index contributed by atoms with van der Waals surface area (Å²) >= 11 is 1.55. The van der Waals surface area contributed by atoms with Gasteiger partial charge in [-0.3, -0.25) is 9.20 Å². The molecule has 28 heavy (non-hydrogen) atoms. The molecule has 2 aromatic heterocycles. The van der Waals surface area contributed by atoms with Gasteiger partial charge in [-0.2, -0.15) is 0 Å². The first-order valence-electron chi connectivity index (χ1n) is 9.66. The van der Waals surface area contributed by atoms with Crippen molar-refractivity contribution in [2.75, 3.05) is 13.1 Å². The fraction of sp³-hybridized carbons (Fsp3) is 0.429. The van der Waals surface area contributed by atoms with Gasteiger partial charge in [0.05, 0.1) is 17.9 Å². The Morgan fingerprint density at radius 2 is 2.07 bits per heavy atom. The molecule has 6 nitrogen and oxygen atoms in total. The molecule has 7 heteroatoms. The summed E-state index contributed by atoms with van der Waals surface area (Å²) in [4.78, 5) is 20.6. The van der Waals surface area contributed by atoms with Gasteiger partial charge in [0, 0.05) is 37.8 Å². The average molecular weight is 399 g/mol. The lowest BCUT2D eigenvalue weighted by Gasteiger charge is -2.35. The molecule has 1 aliphatic rings. The summed E-state index contributed by atoms with van der Waals surface area (Å²) < 4.78 is 7.79. The fourth-order valence-corrected chi connectivity index (χ4v) is 4.55. The lowest BCUT2D eigenvalue weighted by molar-refractivity contribution is -0.0587. The Labute approximate surface area is 169 Å². The van der Waals surface area contributed by atoms with E-state index < -0.39 is 0 Å². The number of morpholine rings is 1. The number of aryl methyl sites for hydroxylation is 1. The first-order chi connectivity index (χ1) is 13.5. The van der Waals surface area contributed by atoms with Gasteiger partial charge in [0.2, 0.25) is 0 Å². The van der Waals surface area contributed by atoms with Crippen molar-refractivity contribution in [3.63, 3.8) is 0 Å². The average Bonchev–Trinajstić information content (AvgIpc) is 3.22. The Hall–Kier alpha value is -2.22. The van der Waals surface area contributed by atoms with E-state index in [0.29, 0.717) is 25.3 Å². The standard InChI is InChI=1S/C21H26N4O2S/c1-14-5-4-6-17(9-14)10-22-11-18-19(23-21-25(18)7-8-28-21)20(26)24-12-15(2)27-16(3)13-24/h4-9,15-16,22H,10-13H2,1-3H3/t15-,16+. The zero-order valence-corrected chi connectivity index (χ0v) is 17.3. The second-order valence-electron chi connectivity index (χ2n) is 7.52. The van der Waals surface area contributed by atoms with Gasteiger partial charge >= 0.3 is 0 Å². The molecule has 1 amide bonds. The highest BCUT2D eigenvalue weighted by atomic mass is 32.1. The molecule has 1 N–H and O–H groups in total. The number of carbonyl (C=O) groups is 1. The monoisotopic (exact) mass is 398 g/mol. The van der Waals surface area contributed by atoms with Gasteiger partial charge in [0.1, 0.15) is 0 Å². The summed E-state index contributed by atoms with van der Waals surface area (Å²) in [7, 11) is 0. The maximum absolute atomic E-state index is 13.2. The minimum atomic E-state index is -0.00902. The fourth-order valence-electron chi connectivity index (χ4n) is 3.81. The van der Waals surface area contributed by atoms with Crippen molar-refractivity contribution in [1.82, 2.24) is 19.6 Å². The summed E-state index contributed by atoms with van der Waals surface area (Å²) in [5.41, 5.74) is 3.94. The van der Waals surface area contributed by atoms with Gasteiger partial charge < -0.3 is 15.0 Å². The van der Waals surface area contributed by atoms with Crippen LogP contribution in [0.3, 0.4) is 0 Å². The van der Waals surface area contributed by atoms with Crippen molar-refractivity contribution in [2.45, 2.75) is 46.1 Å². The summed E-state index contributed by atoms with van der Waals surface area (Å²) in [6.07, 6.45) is 2.07. The van der Waals surface area contributed by atoms with Crippen molar-refractivity contribution in [3.05, 3.63) is 58.4 Å². The Morgan fingerprint density at radius 1 is 1.29 bits per heavy atom. The van der Waals surface area contributed by atoms with E-state index in [4.69, 9.17) is 4.74 Å². The molecule has 0 unspecified atom stereocenters. The predicted molar refractivity (Wildman–Crippen MR) is 111 cm³/mol. The second kappa shape index (κ2) is 8.03. The number of nitrogens with one attached hydrogen (secondary N) is 1. The number of fused-ring (bicyclic) bond motifs is 1. The Kier molecular flexibility index (Phi) is 5.48. The van der Waals surface area contributed by atoms with E-state index in [2.05, 4.69) is 41.5 Å². The van der Waals surface area contributed by atoms with Crippen LogP contribution in [-0.2, 0) is 17.8 Å². The number of hydrogen-bond donors (Lipinski definition) is 1. The van der Waals surface area contributed by atoms with Crippen LogP contribution in [-0.4, -0.2) is 45.5 Å². The molecule has 148 valence electrons. The molecule has 3 aromatic rings. The number of hydrogen-bond acceptors (Lipinski definition) is 5. The van der Waals surface area contributed by atoms with Crippen LogP contribution >= 0.6 is 11.3 Å². The summed E-state index contributed by atoms with van der Waals surface area (Å²) in [6.45, 7) is 8.64. The van der Waals surface area contributed by atoms with Gasteiger partial charge in [0.25, 0.3) is 5.91 Å². The zero-order valence-electron chi connectivity index (χ0n) is 16.5. The van der Waals surface area contributed by atoms with Gasteiger partial charge in [-0.25, -0.2) is 4.98 Å². The first kappa shape index (κ1) is 19.1. The number of thiazole rings is 1. The van der Waals surface area contributed by atoms with Crippen LogP contribution in [0.5, 0.6) is 0 Å². The number of rotatable bonds is 5. The second-order valence-corrected chi connectivity index (χ2v) is 8.40. The quantitative estimate of drug-likeness (QED) is 0.717. The molecule has 4 rings (SSSR count). The maximum Gasteiger partial charge on any atom is 0.274 e. The van der Waals surface area contributed by atoms with Gasteiger partial charge in [-0.05, 0) is 26.3 Å². The molecule has 2 atom stereocenters. The Morgan fingerprint density at radius 3 is 2.82 bits per heavy atom. The van der Waals surface area contributed by atoms with Crippen LogP contribution in [0.1, 0.15) is 41.2 Å². The van der Waals surface area contributed by atoms with Crippen LogP contribution in [0, 0.1) is 6.92 Å². The minimum Gasteiger partial charge on any atom is -0.372 e. The highest BCUT2D eigenvalue weighted by Gasteiger charge is 2.30. The highest BCUT2D eigenvalue weighted by molar-refractivity contribution is 7.15. The van der Waals surface area contributed by atoms with Crippen LogP contribution in [0.4, 0.5) is 0 Å². The first-order valence-corrected chi connectivity index (χ1v) is 10.5. The minimum absolute atomic E-state index is 0.00902. The largest absolute Gasteiger partial charge is 0.372 e. The number of imidazole rings is 1. The predicted octanol–water partition coefficient (Wildman–Crippen LogP) is 3.24. The van der Waals surface area contributed by atoms with Crippen molar-refractivity contribution in [3.8, 4) is 0 Å². The third kappa shape index (κ3) is 3.97. The normalized spacial score (nSPS) is 20.0. The molecule has 0 aliphatic carbocycles. The molecule has 1 fully saturated rings. The molecule has 1 saturated heterocycles. The van der Waals surface area contributed by atoms with E-state index in [1.807, 2.05) is 34.7 Å². The van der Waals surface area contributed by atoms with E-state index in [-0.39, 0.29) is 18.1 Å². The lowest BCUT2D eigenvalue weighted by atomic mass is 10.1. The van der Waals surface area contributed by atoms with E-state index in [0.717, 1.165) is 17.2 Å². The molecule has 3 heterocycles. The van der Waals surface area contributed by atoms with Crippen molar-refractivity contribution in [2.24, 2.45) is 0 Å². The number of nitrogens with zero attached hydrogens (tertiary/aromatic N) is 3. The van der Waals surface area contributed by atoms with Crippen LogP contribution in [0.2, 0.25) is 0 Å². The number of benzene rings is 1. The maximum atomic E-state index is 13.2. The molecule has 0 bridgehead atoms.